The molecule has 0 saturated carbocycles. The van der Waals surface area contributed by atoms with Gasteiger partial charge in [0.05, 0.1) is 25.2 Å². The molecule has 5 heterocycles. The Hall–Kier alpha value is -3.55. The topological polar surface area (TPSA) is 169 Å². The average molecular weight is 602 g/mol. The molecule has 5 fully saturated rings. The summed E-state index contributed by atoms with van der Waals surface area (Å²) in [5.41, 5.74) is 0. The van der Waals surface area contributed by atoms with Crippen molar-refractivity contribution in [3.05, 3.63) is 0 Å². The van der Waals surface area contributed by atoms with Gasteiger partial charge in [0.15, 0.2) is 0 Å². The number of hydrogen-bond acceptors (Lipinski definition) is 8. The molecule has 43 heavy (non-hydrogen) atoms. The smallest absolute Gasteiger partial charge is 0.246 e. The first-order valence-electron chi connectivity index (χ1n) is 15.7. The zero-order valence-electron chi connectivity index (χ0n) is 24.6. The van der Waals surface area contributed by atoms with Crippen LogP contribution in [0, 0.1) is 0 Å². The zero-order chi connectivity index (χ0) is 30.5. The van der Waals surface area contributed by atoms with E-state index in [1.807, 2.05) is 0 Å². The van der Waals surface area contributed by atoms with E-state index in [2.05, 4.69) is 16.0 Å². The molecule has 5 saturated heterocycles. The SMILES string of the molecule is O=C[C@@H]1CCCN1C(=O)[C@@H]1CCCN1C(=O)CNC(=O)[C@@H]1CCCN1C(=O)[C@@H]1CCCN1C(=O)CNC(=O)[C@@H]1CCCN1. The lowest BCUT2D eigenvalue weighted by Crippen LogP contribution is -2.55. The van der Waals surface area contributed by atoms with Crippen molar-refractivity contribution in [1.82, 2.24) is 35.6 Å². The van der Waals surface area contributed by atoms with Gasteiger partial charge >= 0.3 is 0 Å². The lowest BCUT2D eigenvalue weighted by molar-refractivity contribution is -0.147. The summed E-state index contributed by atoms with van der Waals surface area (Å²) in [6, 6.07) is -2.83. The van der Waals surface area contributed by atoms with E-state index in [4.69, 9.17) is 0 Å². The largest absolute Gasteiger partial charge is 0.346 e. The summed E-state index contributed by atoms with van der Waals surface area (Å²) in [7, 11) is 0. The van der Waals surface area contributed by atoms with Gasteiger partial charge in [-0.25, -0.2) is 0 Å². The molecule has 236 valence electrons. The molecule has 3 N–H and O–H groups in total. The summed E-state index contributed by atoms with van der Waals surface area (Å²) < 4.78 is 0. The van der Waals surface area contributed by atoms with E-state index in [1.54, 1.807) is 4.90 Å². The van der Waals surface area contributed by atoms with Gasteiger partial charge in [-0.1, -0.05) is 0 Å². The maximum Gasteiger partial charge on any atom is 0.246 e. The number of nitrogens with one attached hydrogen (secondary N) is 3. The summed E-state index contributed by atoms with van der Waals surface area (Å²) in [4.78, 5) is 95.7. The summed E-state index contributed by atoms with van der Waals surface area (Å²) in [5, 5.41) is 8.46. The first-order chi connectivity index (χ1) is 20.8. The molecule has 14 nitrogen and oxygen atoms in total. The first kappa shape index (κ1) is 30.9. The minimum atomic E-state index is -0.750. The predicted molar refractivity (Wildman–Crippen MR) is 152 cm³/mol. The van der Waals surface area contributed by atoms with E-state index in [-0.39, 0.29) is 48.7 Å². The molecule has 0 radical (unpaired) electrons. The molecule has 0 unspecified atom stereocenters. The molecule has 14 heteroatoms. The fraction of sp³-hybridized carbons (Fsp3) is 0.759. The maximum atomic E-state index is 13.6. The van der Waals surface area contributed by atoms with Crippen molar-refractivity contribution in [3.8, 4) is 0 Å². The van der Waals surface area contributed by atoms with Gasteiger partial charge < -0.3 is 40.3 Å². The van der Waals surface area contributed by atoms with Crippen LogP contribution in [0.1, 0.15) is 64.2 Å². The van der Waals surface area contributed by atoms with Gasteiger partial charge in [-0.15, -0.1) is 0 Å². The summed E-state index contributed by atoms with van der Waals surface area (Å²) >= 11 is 0. The van der Waals surface area contributed by atoms with Crippen LogP contribution in [-0.2, 0) is 33.6 Å². The number of aldehydes is 1. The number of nitrogens with zero attached hydrogens (tertiary/aromatic N) is 4. The summed E-state index contributed by atoms with van der Waals surface area (Å²) in [6.45, 7) is 1.99. The number of rotatable bonds is 9. The monoisotopic (exact) mass is 601 g/mol. The highest BCUT2D eigenvalue weighted by Gasteiger charge is 2.43. The first-order valence-corrected chi connectivity index (χ1v) is 15.7. The molecule has 6 amide bonds. The highest BCUT2D eigenvalue weighted by atomic mass is 16.2. The van der Waals surface area contributed by atoms with Crippen molar-refractivity contribution in [2.45, 2.75) is 94.4 Å². The predicted octanol–water partition coefficient (Wildman–Crippen LogP) is -1.87. The van der Waals surface area contributed by atoms with Crippen LogP contribution in [0.3, 0.4) is 0 Å². The van der Waals surface area contributed by atoms with Gasteiger partial charge in [-0.2, -0.15) is 0 Å². The second kappa shape index (κ2) is 13.8. The normalized spacial score (nSPS) is 28.8. The van der Waals surface area contributed by atoms with Gasteiger partial charge in [0.1, 0.15) is 24.4 Å². The Morgan fingerprint density at radius 2 is 1.12 bits per heavy atom. The van der Waals surface area contributed by atoms with Crippen LogP contribution in [0.15, 0.2) is 0 Å². The molecule has 0 spiro atoms. The Kier molecular flexibility index (Phi) is 9.93. The van der Waals surface area contributed by atoms with Crippen molar-refractivity contribution in [2.24, 2.45) is 0 Å². The molecular weight excluding hydrogens is 558 g/mol. The highest BCUT2D eigenvalue weighted by Crippen LogP contribution is 2.26. The molecular formula is C29H43N7O7. The minimum Gasteiger partial charge on any atom is -0.346 e. The second-order valence-corrected chi connectivity index (χ2v) is 12.1. The standard InChI is InChI=1S/C29H43N7O7/c37-18-19-6-2-12-33(19)28(42)22-9-4-13-34(22)25(39)17-32-27(41)21-8-3-15-36(21)29(43)23-10-5-14-35(23)24(38)16-31-26(40)20-7-1-11-30-20/h18-23,30H,1-17H2,(H,31,40)(H,32,41)/t19-,20-,21-,22-,23-/m0/s1. The molecule has 5 atom stereocenters. The van der Waals surface area contributed by atoms with Gasteiger partial charge in [-0.3, -0.25) is 28.8 Å². The molecule has 5 rings (SSSR count). The van der Waals surface area contributed by atoms with Gasteiger partial charge in [-0.05, 0) is 70.8 Å². The Labute approximate surface area is 251 Å². The molecule has 0 aliphatic carbocycles. The highest BCUT2D eigenvalue weighted by molar-refractivity contribution is 5.96. The Morgan fingerprint density at radius 3 is 1.70 bits per heavy atom. The van der Waals surface area contributed by atoms with Crippen molar-refractivity contribution in [1.29, 1.82) is 0 Å². The van der Waals surface area contributed by atoms with Crippen molar-refractivity contribution in [2.75, 3.05) is 45.8 Å². The number of carbonyl (C=O) groups is 7. The third-order valence-electron chi connectivity index (χ3n) is 9.50. The zero-order valence-corrected chi connectivity index (χ0v) is 24.6. The van der Waals surface area contributed by atoms with Gasteiger partial charge in [0.2, 0.25) is 35.4 Å². The van der Waals surface area contributed by atoms with Crippen molar-refractivity contribution in [3.63, 3.8) is 0 Å². The maximum absolute atomic E-state index is 13.6. The third kappa shape index (κ3) is 6.68. The molecule has 0 aromatic heterocycles. The van der Waals surface area contributed by atoms with Crippen LogP contribution in [0.4, 0.5) is 0 Å². The lowest BCUT2D eigenvalue weighted by Gasteiger charge is -2.31. The third-order valence-corrected chi connectivity index (χ3v) is 9.50. The van der Waals surface area contributed by atoms with Crippen LogP contribution in [0.2, 0.25) is 0 Å². The number of hydrogen-bond donors (Lipinski definition) is 3. The minimum absolute atomic E-state index is 0.180. The van der Waals surface area contributed by atoms with Crippen LogP contribution in [0.25, 0.3) is 0 Å². The van der Waals surface area contributed by atoms with E-state index in [1.165, 1.54) is 14.7 Å². The van der Waals surface area contributed by atoms with Crippen LogP contribution in [-0.4, -0.2) is 137 Å². The van der Waals surface area contributed by atoms with Crippen molar-refractivity contribution >= 4 is 41.7 Å². The van der Waals surface area contributed by atoms with E-state index in [9.17, 15) is 33.6 Å². The van der Waals surface area contributed by atoms with Gasteiger partial charge in [0.25, 0.3) is 0 Å². The molecule has 0 aromatic rings. The quantitative estimate of drug-likeness (QED) is 0.259. The molecule has 5 aliphatic heterocycles. The molecule has 0 bridgehead atoms. The van der Waals surface area contributed by atoms with Crippen molar-refractivity contribution < 1.29 is 33.6 Å². The average Bonchev–Trinajstić information content (AvgIpc) is 3.86. The Balaban J connectivity index is 1.12. The Bertz CT molecular complexity index is 1130. The number of carbonyl (C=O) groups excluding carboxylic acids is 7. The fourth-order valence-corrected chi connectivity index (χ4v) is 7.22. The number of likely N-dealkylation sites (tertiary alicyclic amines) is 4. The van der Waals surface area contributed by atoms with E-state index in [0.717, 1.165) is 32.1 Å². The lowest BCUT2D eigenvalue weighted by atomic mass is 10.1. The Morgan fingerprint density at radius 1 is 0.605 bits per heavy atom. The molecule has 0 aromatic carbocycles. The summed E-state index contributed by atoms with van der Waals surface area (Å²) in [5.74, 6) is -1.86. The van der Waals surface area contributed by atoms with Crippen LogP contribution < -0.4 is 16.0 Å². The fourth-order valence-electron chi connectivity index (χ4n) is 7.22. The van der Waals surface area contributed by atoms with Crippen LogP contribution in [0.5, 0.6) is 0 Å². The molecule has 5 aliphatic rings. The van der Waals surface area contributed by atoms with E-state index >= 15 is 0 Å². The second-order valence-electron chi connectivity index (χ2n) is 12.1. The van der Waals surface area contributed by atoms with E-state index in [0.29, 0.717) is 71.1 Å². The van der Waals surface area contributed by atoms with Gasteiger partial charge in [0, 0.05) is 26.2 Å². The summed E-state index contributed by atoms with van der Waals surface area (Å²) in [6.07, 6.45) is 7.20. The number of amides is 6. The van der Waals surface area contributed by atoms with Crippen LogP contribution >= 0.6 is 0 Å². The van der Waals surface area contributed by atoms with E-state index < -0.39 is 30.1 Å².